The van der Waals surface area contributed by atoms with Gasteiger partial charge in [-0.3, -0.25) is 0 Å². The Morgan fingerprint density at radius 2 is 2.08 bits per heavy atom. The van der Waals surface area contributed by atoms with Crippen molar-refractivity contribution in [2.45, 2.75) is 31.5 Å². The van der Waals surface area contributed by atoms with Gasteiger partial charge in [0.2, 0.25) is 0 Å². The molecule has 2 nitrogen and oxygen atoms in total. The fourth-order valence-electron chi connectivity index (χ4n) is 2.76. The molecule has 0 aliphatic heterocycles. The molecule has 3 saturated carbocycles. The highest BCUT2D eigenvalue weighted by Gasteiger charge is 2.46. The van der Waals surface area contributed by atoms with Crippen LogP contribution in [0.5, 0.6) is 0 Å². The van der Waals surface area contributed by atoms with Gasteiger partial charge < -0.3 is 4.57 Å². The lowest BCUT2D eigenvalue weighted by atomic mass is 9.62. The third kappa shape index (κ3) is 1.02. The molecule has 1 aromatic heterocycles. The molecule has 0 spiro atoms. The van der Waals surface area contributed by atoms with E-state index in [1.54, 1.807) is 6.20 Å². The number of nitrogens with zero attached hydrogens (tertiary/aromatic N) is 2. The van der Waals surface area contributed by atoms with E-state index in [0.717, 1.165) is 12.8 Å². The summed E-state index contributed by atoms with van der Waals surface area (Å²) in [5.41, 5.74) is 0. The summed E-state index contributed by atoms with van der Waals surface area (Å²) >= 11 is 0. The van der Waals surface area contributed by atoms with Gasteiger partial charge in [-0.25, -0.2) is 9.37 Å². The highest BCUT2D eigenvalue weighted by Crippen LogP contribution is 2.52. The smallest absolute Gasteiger partial charge is 0.105 e. The van der Waals surface area contributed by atoms with Crippen molar-refractivity contribution in [3.8, 4) is 0 Å². The van der Waals surface area contributed by atoms with Crippen LogP contribution in [0.3, 0.4) is 0 Å². The summed E-state index contributed by atoms with van der Waals surface area (Å²) in [4.78, 5) is 4.01. The van der Waals surface area contributed by atoms with Crippen molar-refractivity contribution in [3.05, 3.63) is 18.7 Å². The highest BCUT2D eigenvalue weighted by atomic mass is 19.1. The Labute approximate surface area is 76.8 Å². The van der Waals surface area contributed by atoms with Gasteiger partial charge in [0, 0.05) is 18.4 Å². The van der Waals surface area contributed by atoms with Crippen LogP contribution in [-0.4, -0.2) is 15.7 Å². The molecule has 13 heavy (non-hydrogen) atoms. The monoisotopic (exact) mass is 180 g/mol. The molecule has 3 fully saturated rings. The third-order valence-electron chi connectivity index (χ3n) is 3.64. The SMILES string of the molecule is F[C@H]1CC(n2ccnc2)C2CC1C2. The zero-order valence-corrected chi connectivity index (χ0v) is 7.44. The number of alkyl halides is 1. The van der Waals surface area contributed by atoms with Crippen molar-refractivity contribution in [2.24, 2.45) is 11.8 Å². The van der Waals surface area contributed by atoms with E-state index in [9.17, 15) is 4.39 Å². The van der Waals surface area contributed by atoms with Gasteiger partial charge in [0.1, 0.15) is 6.17 Å². The van der Waals surface area contributed by atoms with E-state index >= 15 is 0 Å². The molecule has 1 heterocycles. The Hall–Kier alpha value is -0.860. The standard InChI is InChI=1S/C10H13FN2/c11-9-5-10(8-3-7(9)4-8)13-2-1-12-6-13/h1-2,6-10H,3-5H2/t7?,8?,9-,10?/m0/s1. The molecule has 1 unspecified atom stereocenters. The van der Waals surface area contributed by atoms with Gasteiger partial charge >= 0.3 is 0 Å². The van der Waals surface area contributed by atoms with Gasteiger partial charge in [-0.2, -0.15) is 0 Å². The van der Waals surface area contributed by atoms with Crippen LogP contribution >= 0.6 is 0 Å². The van der Waals surface area contributed by atoms with E-state index < -0.39 is 6.17 Å². The number of hydrogen-bond donors (Lipinski definition) is 0. The number of rotatable bonds is 1. The number of fused-ring (bicyclic) bond motifs is 2. The molecule has 0 aromatic carbocycles. The van der Waals surface area contributed by atoms with Crippen LogP contribution in [0.15, 0.2) is 18.7 Å². The molecule has 4 rings (SSSR count). The van der Waals surface area contributed by atoms with E-state index in [0.29, 0.717) is 24.3 Å². The predicted octanol–water partition coefficient (Wildman–Crippen LogP) is 2.19. The Bertz CT molecular complexity index is 290. The first-order valence-corrected chi connectivity index (χ1v) is 4.96. The Balaban J connectivity index is 1.84. The fourth-order valence-corrected chi connectivity index (χ4v) is 2.76. The van der Waals surface area contributed by atoms with E-state index in [-0.39, 0.29) is 0 Å². The zero-order chi connectivity index (χ0) is 8.84. The summed E-state index contributed by atoms with van der Waals surface area (Å²) in [5, 5.41) is 0. The van der Waals surface area contributed by atoms with E-state index in [1.165, 1.54) is 0 Å². The average molecular weight is 180 g/mol. The molecule has 0 saturated heterocycles. The van der Waals surface area contributed by atoms with Crippen molar-refractivity contribution in [1.29, 1.82) is 0 Å². The Kier molecular flexibility index (Phi) is 1.49. The highest BCUT2D eigenvalue weighted by molar-refractivity contribution is 4.99. The normalized spacial score (nSPS) is 42.8. The molecule has 3 aliphatic rings. The first-order chi connectivity index (χ1) is 6.34. The van der Waals surface area contributed by atoms with Crippen LogP contribution in [0.25, 0.3) is 0 Å². The maximum atomic E-state index is 13.4. The second kappa shape index (κ2) is 2.56. The summed E-state index contributed by atoms with van der Waals surface area (Å²) in [7, 11) is 0. The minimum Gasteiger partial charge on any atom is -0.334 e. The first-order valence-electron chi connectivity index (χ1n) is 4.96. The van der Waals surface area contributed by atoms with Crippen LogP contribution in [0.4, 0.5) is 4.39 Å². The molecular formula is C10H13FN2. The maximum Gasteiger partial charge on any atom is 0.105 e. The molecule has 70 valence electrons. The van der Waals surface area contributed by atoms with Crippen molar-refractivity contribution >= 4 is 0 Å². The summed E-state index contributed by atoms with van der Waals surface area (Å²) in [6, 6.07) is 0.377. The van der Waals surface area contributed by atoms with Crippen LogP contribution in [-0.2, 0) is 0 Å². The van der Waals surface area contributed by atoms with Crippen LogP contribution in [0, 0.1) is 11.8 Å². The Morgan fingerprint density at radius 3 is 2.69 bits per heavy atom. The van der Waals surface area contributed by atoms with Crippen LogP contribution in [0.2, 0.25) is 0 Å². The number of hydrogen-bond acceptors (Lipinski definition) is 1. The van der Waals surface area contributed by atoms with Crippen LogP contribution in [0.1, 0.15) is 25.3 Å². The topological polar surface area (TPSA) is 17.8 Å². The van der Waals surface area contributed by atoms with Crippen molar-refractivity contribution in [1.82, 2.24) is 9.55 Å². The molecule has 1 aromatic rings. The van der Waals surface area contributed by atoms with E-state index in [1.807, 2.05) is 12.5 Å². The molecule has 2 atom stereocenters. The van der Waals surface area contributed by atoms with E-state index in [2.05, 4.69) is 9.55 Å². The third-order valence-corrected chi connectivity index (χ3v) is 3.64. The fraction of sp³-hybridized carbons (Fsp3) is 0.700. The van der Waals surface area contributed by atoms with Gasteiger partial charge in [0.15, 0.2) is 0 Å². The lowest BCUT2D eigenvalue weighted by molar-refractivity contribution is -0.0173. The summed E-state index contributed by atoms with van der Waals surface area (Å²) < 4.78 is 15.5. The number of halogens is 1. The summed E-state index contributed by atoms with van der Waals surface area (Å²) in [6.07, 6.45) is 7.85. The van der Waals surface area contributed by atoms with E-state index in [4.69, 9.17) is 0 Å². The zero-order valence-electron chi connectivity index (χ0n) is 7.44. The van der Waals surface area contributed by atoms with Gasteiger partial charge in [0.25, 0.3) is 0 Å². The average Bonchev–Trinajstić information content (AvgIpc) is 2.51. The molecule has 0 N–H and O–H groups in total. The van der Waals surface area contributed by atoms with Crippen molar-refractivity contribution in [2.75, 3.05) is 0 Å². The molecule has 0 radical (unpaired) electrons. The van der Waals surface area contributed by atoms with Gasteiger partial charge in [0.05, 0.1) is 6.33 Å². The second-order valence-electron chi connectivity index (χ2n) is 4.32. The molecule has 3 heteroatoms. The first kappa shape index (κ1) is 7.54. The molecule has 3 aliphatic carbocycles. The largest absolute Gasteiger partial charge is 0.334 e. The minimum absolute atomic E-state index is 0.377. The maximum absolute atomic E-state index is 13.4. The van der Waals surface area contributed by atoms with Gasteiger partial charge in [-0.05, 0) is 31.1 Å². The quantitative estimate of drug-likeness (QED) is 0.647. The molecule has 0 amide bonds. The van der Waals surface area contributed by atoms with Crippen LogP contribution < -0.4 is 0 Å². The lowest BCUT2D eigenvalue weighted by Gasteiger charge is -2.48. The Morgan fingerprint density at radius 1 is 1.23 bits per heavy atom. The summed E-state index contributed by atoms with van der Waals surface area (Å²) in [5.74, 6) is 1.09. The second-order valence-corrected chi connectivity index (χ2v) is 4.32. The van der Waals surface area contributed by atoms with Gasteiger partial charge in [-0.15, -0.1) is 0 Å². The molecule has 2 bridgehead atoms. The number of imidazole rings is 1. The minimum atomic E-state index is -0.572. The van der Waals surface area contributed by atoms with Gasteiger partial charge in [-0.1, -0.05) is 0 Å². The lowest BCUT2D eigenvalue weighted by Crippen LogP contribution is -2.44. The van der Waals surface area contributed by atoms with Crippen molar-refractivity contribution in [3.63, 3.8) is 0 Å². The predicted molar refractivity (Wildman–Crippen MR) is 47.0 cm³/mol. The molecular weight excluding hydrogens is 167 g/mol. The summed E-state index contributed by atoms with van der Waals surface area (Å²) in [6.45, 7) is 0. The van der Waals surface area contributed by atoms with Crippen molar-refractivity contribution < 1.29 is 4.39 Å². The number of aromatic nitrogens is 2.